The van der Waals surface area contributed by atoms with Crippen molar-refractivity contribution in [3.05, 3.63) is 18.5 Å². The van der Waals surface area contributed by atoms with Crippen LogP contribution in [0.15, 0.2) is 18.5 Å². The highest BCUT2D eigenvalue weighted by Crippen LogP contribution is 2.54. The van der Waals surface area contributed by atoms with Crippen molar-refractivity contribution >= 4 is 11.9 Å². The summed E-state index contributed by atoms with van der Waals surface area (Å²) in [7, 11) is 2.08. The van der Waals surface area contributed by atoms with Crippen LogP contribution < -0.4 is 10.2 Å². The first kappa shape index (κ1) is 18.3. The predicted molar refractivity (Wildman–Crippen MR) is 106 cm³/mol. The second kappa shape index (κ2) is 7.26. The number of carbonyl (C=O) groups is 1. The largest absolute Gasteiger partial charge is 0.369 e. The minimum absolute atomic E-state index is 0.0695. The predicted octanol–water partition coefficient (Wildman–Crippen LogP) is 1.45. The molecular weight excluding hydrogens is 354 g/mol. The van der Waals surface area contributed by atoms with Gasteiger partial charge in [0.05, 0.1) is 24.8 Å². The lowest BCUT2D eigenvalue weighted by molar-refractivity contribution is -0.122. The van der Waals surface area contributed by atoms with Crippen LogP contribution in [0.1, 0.15) is 38.5 Å². The Morgan fingerprint density at radius 3 is 2.89 bits per heavy atom. The summed E-state index contributed by atoms with van der Waals surface area (Å²) in [5, 5.41) is 3.22. The molecule has 7 nitrogen and oxygen atoms in total. The van der Waals surface area contributed by atoms with E-state index in [-0.39, 0.29) is 17.6 Å². The quantitative estimate of drug-likeness (QED) is 0.799. The Morgan fingerprint density at radius 1 is 1.32 bits per heavy atom. The zero-order valence-electron chi connectivity index (χ0n) is 16.7. The summed E-state index contributed by atoms with van der Waals surface area (Å²) in [5.74, 6) is 1.78. The number of nitrogens with one attached hydrogen (secondary N) is 1. The first-order valence-corrected chi connectivity index (χ1v) is 10.8. The topological polar surface area (TPSA) is 70.6 Å². The fourth-order valence-corrected chi connectivity index (χ4v) is 6.06. The molecule has 1 spiro atoms. The number of amides is 1. The van der Waals surface area contributed by atoms with Gasteiger partial charge in [-0.05, 0) is 38.8 Å². The number of carbonyl (C=O) groups excluding carboxylic acids is 1. The second-order valence-electron chi connectivity index (χ2n) is 9.12. The number of aromatic nitrogens is 2. The second-order valence-corrected chi connectivity index (χ2v) is 9.12. The smallest absolute Gasteiger partial charge is 0.234 e. The van der Waals surface area contributed by atoms with E-state index in [4.69, 9.17) is 4.74 Å². The van der Waals surface area contributed by atoms with Crippen molar-refractivity contribution in [1.82, 2.24) is 20.2 Å². The molecule has 1 aromatic heterocycles. The van der Waals surface area contributed by atoms with E-state index in [9.17, 15) is 4.79 Å². The average molecular weight is 386 g/mol. The SMILES string of the molecule is CN(CC(=O)NC[C@H]1[C@H]2CN(c3ncccn3)C[C@]23CC[C@H]1O3)C1CCCC1. The molecule has 4 fully saturated rings. The first-order valence-electron chi connectivity index (χ1n) is 10.8. The van der Waals surface area contributed by atoms with E-state index in [2.05, 4.69) is 32.1 Å². The molecule has 1 aliphatic carbocycles. The molecule has 4 heterocycles. The Bertz CT molecular complexity index is 710. The Kier molecular flexibility index (Phi) is 4.75. The van der Waals surface area contributed by atoms with Crippen LogP contribution in [0.25, 0.3) is 0 Å². The molecule has 3 aliphatic heterocycles. The van der Waals surface area contributed by atoms with Crippen LogP contribution in [-0.4, -0.2) is 71.7 Å². The van der Waals surface area contributed by atoms with E-state index in [1.165, 1.54) is 25.7 Å². The number of hydrogen-bond acceptors (Lipinski definition) is 6. The Morgan fingerprint density at radius 2 is 2.11 bits per heavy atom. The lowest BCUT2D eigenvalue weighted by atomic mass is 9.73. The molecule has 4 aliphatic rings. The highest BCUT2D eigenvalue weighted by Gasteiger charge is 2.63. The summed E-state index contributed by atoms with van der Waals surface area (Å²) in [6.45, 7) is 3.01. The summed E-state index contributed by atoms with van der Waals surface area (Å²) >= 11 is 0. The molecule has 3 saturated heterocycles. The van der Waals surface area contributed by atoms with Crippen LogP contribution >= 0.6 is 0 Å². The van der Waals surface area contributed by atoms with Crippen molar-refractivity contribution in [2.45, 2.75) is 56.3 Å². The zero-order valence-corrected chi connectivity index (χ0v) is 16.7. The zero-order chi connectivity index (χ0) is 19.1. The van der Waals surface area contributed by atoms with E-state index in [1.54, 1.807) is 12.4 Å². The minimum Gasteiger partial charge on any atom is -0.369 e. The molecule has 1 amide bonds. The van der Waals surface area contributed by atoms with Crippen molar-refractivity contribution in [2.24, 2.45) is 11.8 Å². The normalized spacial score (nSPS) is 34.4. The fraction of sp³-hybridized carbons (Fsp3) is 0.762. The molecule has 4 atom stereocenters. The molecule has 0 radical (unpaired) electrons. The monoisotopic (exact) mass is 385 g/mol. The van der Waals surface area contributed by atoms with Crippen LogP contribution in [0, 0.1) is 11.8 Å². The van der Waals surface area contributed by atoms with Gasteiger partial charge >= 0.3 is 0 Å². The van der Waals surface area contributed by atoms with Crippen LogP contribution in [0.3, 0.4) is 0 Å². The van der Waals surface area contributed by atoms with E-state index in [1.807, 2.05) is 6.07 Å². The van der Waals surface area contributed by atoms with Gasteiger partial charge in [0.1, 0.15) is 0 Å². The Labute approximate surface area is 166 Å². The molecule has 2 bridgehead atoms. The van der Waals surface area contributed by atoms with E-state index in [0.29, 0.717) is 24.4 Å². The van der Waals surface area contributed by atoms with Crippen LogP contribution in [0.5, 0.6) is 0 Å². The highest BCUT2D eigenvalue weighted by atomic mass is 16.5. The van der Waals surface area contributed by atoms with Crippen molar-refractivity contribution in [1.29, 1.82) is 0 Å². The number of rotatable bonds is 6. The van der Waals surface area contributed by atoms with Crippen LogP contribution in [0.2, 0.25) is 0 Å². The van der Waals surface area contributed by atoms with E-state index >= 15 is 0 Å². The van der Waals surface area contributed by atoms with Gasteiger partial charge in [-0.1, -0.05) is 12.8 Å². The molecule has 1 N–H and O–H groups in total. The maximum atomic E-state index is 12.5. The van der Waals surface area contributed by atoms with Crippen molar-refractivity contribution in [2.75, 3.05) is 38.1 Å². The summed E-state index contributed by atoms with van der Waals surface area (Å²) in [6, 6.07) is 2.43. The molecule has 0 aromatic carbocycles. The van der Waals surface area contributed by atoms with Crippen LogP contribution in [0.4, 0.5) is 5.95 Å². The third-order valence-corrected chi connectivity index (χ3v) is 7.49. The number of hydrogen-bond donors (Lipinski definition) is 1. The van der Waals surface area contributed by atoms with Crippen LogP contribution in [-0.2, 0) is 9.53 Å². The van der Waals surface area contributed by atoms with Crippen molar-refractivity contribution < 1.29 is 9.53 Å². The molecule has 1 aromatic rings. The standard InChI is InChI=1S/C21H31N5O2/c1-25(15-5-2-3-6-15)13-19(27)24-11-16-17-12-26(20-22-9-4-10-23-20)14-21(17)8-7-18(16)28-21/h4,9-10,15-18H,2-3,5-8,11-14H2,1H3,(H,24,27)/t16-,17+,18+,21+/m0/s1. The molecular formula is C21H31N5O2. The third kappa shape index (κ3) is 3.18. The molecule has 152 valence electrons. The molecule has 5 rings (SSSR count). The number of likely N-dealkylation sites (N-methyl/N-ethyl adjacent to an activating group) is 1. The van der Waals surface area contributed by atoms with Gasteiger partial charge in [0.2, 0.25) is 11.9 Å². The number of fused-ring (bicyclic) bond motifs is 1. The van der Waals surface area contributed by atoms with Crippen molar-refractivity contribution in [3.63, 3.8) is 0 Å². The molecule has 7 heteroatoms. The van der Waals surface area contributed by atoms with Gasteiger partial charge < -0.3 is 15.0 Å². The third-order valence-electron chi connectivity index (χ3n) is 7.49. The first-order chi connectivity index (χ1) is 13.6. The van der Waals surface area contributed by atoms with E-state index < -0.39 is 0 Å². The lowest BCUT2D eigenvalue weighted by Crippen LogP contribution is -2.45. The Balaban J connectivity index is 1.19. The lowest BCUT2D eigenvalue weighted by Gasteiger charge is -2.29. The summed E-state index contributed by atoms with van der Waals surface area (Å²) in [6.07, 6.45) is 11.1. The summed E-state index contributed by atoms with van der Waals surface area (Å²) in [5.41, 5.74) is -0.0695. The number of anilines is 1. The maximum absolute atomic E-state index is 12.5. The summed E-state index contributed by atoms with van der Waals surface area (Å²) < 4.78 is 6.48. The van der Waals surface area contributed by atoms with Gasteiger partial charge in [-0.25, -0.2) is 9.97 Å². The van der Waals surface area contributed by atoms with Gasteiger partial charge in [0, 0.05) is 43.4 Å². The molecule has 0 unspecified atom stereocenters. The molecule has 28 heavy (non-hydrogen) atoms. The van der Waals surface area contributed by atoms with Gasteiger partial charge in [0.25, 0.3) is 0 Å². The van der Waals surface area contributed by atoms with Gasteiger partial charge in [-0.2, -0.15) is 0 Å². The fourth-order valence-electron chi connectivity index (χ4n) is 6.06. The van der Waals surface area contributed by atoms with Gasteiger partial charge in [-0.15, -0.1) is 0 Å². The number of nitrogens with zero attached hydrogens (tertiary/aromatic N) is 4. The highest BCUT2D eigenvalue weighted by molar-refractivity contribution is 5.78. The van der Waals surface area contributed by atoms with Gasteiger partial charge in [0.15, 0.2) is 0 Å². The molecule has 1 saturated carbocycles. The van der Waals surface area contributed by atoms with Gasteiger partial charge in [-0.3, -0.25) is 9.69 Å². The minimum atomic E-state index is -0.0695. The maximum Gasteiger partial charge on any atom is 0.234 e. The van der Waals surface area contributed by atoms with Crippen molar-refractivity contribution in [3.8, 4) is 0 Å². The summed E-state index contributed by atoms with van der Waals surface area (Å²) in [4.78, 5) is 25.9. The Hall–Kier alpha value is -1.73. The number of ether oxygens (including phenoxy) is 1. The average Bonchev–Trinajstić information content (AvgIpc) is 3.47. The van der Waals surface area contributed by atoms with E-state index in [0.717, 1.165) is 38.4 Å².